The number of anilines is 3. The third-order valence-corrected chi connectivity index (χ3v) is 8.02. The van der Waals surface area contributed by atoms with Gasteiger partial charge in [-0.15, -0.1) is 11.3 Å². The summed E-state index contributed by atoms with van der Waals surface area (Å²) in [5.41, 5.74) is -1.63. The lowest BCUT2D eigenvalue weighted by Crippen LogP contribution is -2.37. The maximum Gasteiger partial charge on any atom is 0.269 e. The van der Waals surface area contributed by atoms with Gasteiger partial charge in [0.05, 0.1) is 23.9 Å². The van der Waals surface area contributed by atoms with E-state index in [1.807, 2.05) is 26.0 Å². The van der Waals surface area contributed by atoms with Crippen LogP contribution in [0.3, 0.4) is 0 Å². The number of sulfonamides is 1. The van der Waals surface area contributed by atoms with Crippen molar-refractivity contribution in [1.82, 2.24) is 4.47 Å². The Balaban J connectivity index is 1.96. The molecule has 0 amide bonds. The third-order valence-electron chi connectivity index (χ3n) is 4.66. The molecule has 12 heteroatoms. The number of aromatic hydroxyl groups is 1. The lowest BCUT2D eigenvalue weighted by molar-refractivity contribution is -0.0259. The van der Waals surface area contributed by atoms with E-state index < -0.39 is 31.5 Å². The van der Waals surface area contributed by atoms with Gasteiger partial charge in [0.15, 0.2) is 5.75 Å². The summed E-state index contributed by atoms with van der Waals surface area (Å²) in [7, 11) is -2.00. The van der Waals surface area contributed by atoms with Gasteiger partial charge in [0.25, 0.3) is 20.9 Å². The molecule has 3 rings (SSSR count). The van der Waals surface area contributed by atoms with Crippen LogP contribution in [-0.2, 0) is 14.9 Å². The molecule has 1 aromatic heterocycles. The van der Waals surface area contributed by atoms with Gasteiger partial charge in [-0.05, 0) is 38.1 Å². The quantitative estimate of drug-likeness (QED) is 0.252. The van der Waals surface area contributed by atoms with Crippen molar-refractivity contribution in [1.29, 1.82) is 0 Å². The van der Waals surface area contributed by atoms with Crippen molar-refractivity contribution in [3.05, 3.63) is 59.5 Å². The Kier molecular flexibility index (Phi) is 6.44. The van der Waals surface area contributed by atoms with Gasteiger partial charge in [-0.2, -0.15) is 0 Å². The number of hydrogen-bond donors (Lipinski definition) is 3. The zero-order chi connectivity index (χ0) is 23.1. The molecule has 1 heterocycles. The predicted molar refractivity (Wildman–Crippen MR) is 121 cm³/mol. The molecule has 0 aliphatic heterocycles. The number of aryl methyl sites for hydroxylation is 1. The average Bonchev–Trinajstić information content (AvgIpc) is 3.17. The van der Waals surface area contributed by atoms with E-state index in [9.17, 15) is 23.1 Å². The van der Waals surface area contributed by atoms with E-state index >= 15 is 0 Å². The third kappa shape index (κ3) is 4.19. The van der Waals surface area contributed by atoms with Crippen LogP contribution in [0.25, 0.3) is 0 Å². The van der Waals surface area contributed by atoms with E-state index in [1.54, 1.807) is 11.3 Å². The van der Waals surface area contributed by atoms with Crippen molar-refractivity contribution in [2.45, 2.75) is 24.8 Å². The molecule has 0 aliphatic carbocycles. The Morgan fingerprint density at radius 1 is 1.16 bits per heavy atom. The van der Waals surface area contributed by atoms with Gasteiger partial charge in [0.1, 0.15) is 16.3 Å². The van der Waals surface area contributed by atoms with E-state index in [0.29, 0.717) is 4.47 Å². The second kappa shape index (κ2) is 8.60. The maximum absolute atomic E-state index is 12.6. The Bertz CT molecular complexity index is 1310. The van der Waals surface area contributed by atoms with Crippen molar-refractivity contribution in [3.63, 3.8) is 0 Å². The van der Waals surface area contributed by atoms with Crippen LogP contribution >= 0.6 is 22.9 Å². The van der Waals surface area contributed by atoms with Crippen molar-refractivity contribution < 1.29 is 18.4 Å². The molecule has 0 fully saturated rings. The topological polar surface area (TPSA) is 125 Å². The fraction of sp³-hybridized carbons (Fsp3) is 0.263. The van der Waals surface area contributed by atoms with Gasteiger partial charge in [0.2, 0.25) is 0 Å². The van der Waals surface area contributed by atoms with Gasteiger partial charge in [-0.3, -0.25) is 14.4 Å². The lowest BCUT2D eigenvalue weighted by Gasteiger charge is -2.21. The zero-order valence-corrected chi connectivity index (χ0v) is 19.4. The number of phenolic OH excluding ortho intramolecular Hbond substituents is 1. The molecule has 166 valence electrons. The SMILES string of the molecule is CON(C)S(=O)(=O)c1c(Cl)ccc(Nc2c(NC(C)c3ccc(C)s3)c(=O)c2=O)c1O. The first-order valence-corrected chi connectivity index (χ1v) is 11.6. The molecule has 3 N–H and O–H groups in total. The van der Waals surface area contributed by atoms with Crippen molar-refractivity contribution in [2.24, 2.45) is 0 Å². The molecule has 31 heavy (non-hydrogen) atoms. The van der Waals surface area contributed by atoms with Crippen LogP contribution in [0.1, 0.15) is 22.7 Å². The van der Waals surface area contributed by atoms with Crippen LogP contribution in [0.4, 0.5) is 17.1 Å². The highest BCUT2D eigenvalue weighted by Crippen LogP contribution is 2.40. The molecule has 0 saturated carbocycles. The monoisotopic (exact) mass is 485 g/mol. The molecular formula is C19H20ClN3O6S2. The molecule has 0 radical (unpaired) electrons. The van der Waals surface area contributed by atoms with E-state index in [0.717, 1.165) is 23.9 Å². The fourth-order valence-corrected chi connectivity index (χ4v) is 5.32. The van der Waals surface area contributed by atoms with Gasteiger partial charge in [-0.1, -0.05) is 16.1 Å². The summed E-state index contributed by atoms with van der Waals surface area (Å²) in [5.74, 6) is -0.711. The Labute approximate surface area is 187 Å². The molecule has 0 saturated heterocycles. The molecule has 2 aromatic carbocycles. The Morgan fingerprint density at radius 3 is 2.39 bits per heavy atom. The number of benzene rings is 1. The Hall–Kier alpha value is -2.44. The summed E-state index contributed by atoms with van der Waals surface area (Å²) in [5, 5.41) is 16.0. The summed E-state index contributed by atoms with van der Waals surface area (Å²) in [6.45, 7) is 3.80. The van der Waals surface area contributed by atoms with Crippen LogP contribution < -0.4 is 21.5 Å². The minimum Gasteiger partial charge on any atom is -0.504 e. The minimum atomic E-state index is -4.28. The predicted octanol–water partition coefficient (Wildman–Crippen LogP) is 3.11. The first kappa shape index (κ1) is 23.2. The van der Waals surface area contributed by atoms with E-state index in [4.69, 9.17) is 16.4 Å². The second-order valence-corrected chi connectivity index (χ2v) is 10.3. The smallest absolute Gasteiger partial charge is 0.269 e. The van der Waals surface area contributed by atoms with Crippen LogP contribution in [-0.4, -0.2) is 32.2 Å². The van der Waals surface area contributed by atoms with Crippen molar-refractivity contribution in [2.75, 3.05) is 24.8 Å². The first-order chi connectivity index (χ1) is 14.5. The highest BCUT2D eigenvalue weighted by Gasteiger charge is 2.31. The zero-order valence-electron chi connectivity index (χ0n) is 17.0. The second-order valence-electron chi connectivity index (χ2n) is 6.72. The standard InChI is InChI=1S/C19H20ClN3O6S2/c1-9-5-8-13(30-9)10(2)21-14-15(18(26)17(14)25)22-12-7-6-11(20)19(16(12)24)31(27,28)23(3)29-4/h5-8,10,21-22,24H,1-4H3. The molecular weight excluding hydrogens is 466 g/mol. The molecule has 0 aliphatic rings. The van der Waals surface area contributed by atoms with Crippen LogP contribution in [0.2, 0.25) is 5.02 Å². The lowest BCUT2D eigenvalue weighted by atomic mass is 10.1. The summed E-state index contributed by atoms with van der Waals surface area (Å²) in [6.07, 6.45) is 0. The van der Waals surface area contributed by atoms with Gasteiger partial charge >= 0.3 is 0 Å². The summed E-state index contributed by atoms with van der Waals surface area (Å²) in [4.78, 5) is 30.5. The van der Waals surface area contributed by atoms with Gasteiger partial charge in [-0.25, -0.2) is 8.42 Å². The molecule has 1 unspecified atom stereocenters. The number of halogens is 1. The fourth-order valence-electron chi connectivity index (χ4n) is 2.88. The van der Waals surface area contributed by atoms with Crippen molar-refractivity contribution in [3.8, 4) is 5.75 Å². The normalized spacial score (nSPS) is 13.0. The molecule has 3 aromatic rings. The highest BCUT2D eigenvalue weighted by molar-refractivity contribution is 7.89. The van der Waals surface area contributed by atoms with Gasteiger partial charge < -0.3 is 15.7 Å². The average molecular weight is 486 g/mol. The van der Waals surface area contributed by atoms with E-state index in [-0.39, 0.29) is 28.1 Å². The highest BCUT2D eigenvalue weighted by atomic mass is 35.5. The van der Waals surface area contributed by atoms with E-state index in [2.05, 4.69) is 10.6 Å². The number of hydrogen-bond acceptors (Lipinski definition) is 9. The molecule has 0 spiro atoms. The van der Waals surface area contributed by atoms with Crippen LogP contribution in [0.5, 0.6) is 5.75 Å². The number of phenols is 1. The van der Waals surface area contributed by atoms with Crippen LogP contribution in [0, 0.1) is 6.92 Å². The molecule has 1 atom stereocenters. The van der Waals surface area contributed by atoms with E-state index in [1.165, 1.54) is 12.1 Å². The number of hydroxylamine groups is 1. The summed E-state index contributed by atoms with van der Waals surface area (Å²) < 4.78 is 25.7. The summed E-state index contributed by atoms with van der Waals surface area (Å²) >= 11 is 7.55. The first-order valence-electron chi connectivity index (χ1n) is 8.96. The largest absolute Gasteiger partial charge is 0.504 e. The van der Waals surface area contributed by atoms with Crippen LogP contribution in [0.15, 0.2) is 38.8 Å². The molecule has 9 nitrogen and oxygen atoms in total. The maximum atomic E-state index is 12.6. The summed E-state index contributed by atoms with van der Waals surface area (Å²) in [6, 6.07) is 6.17. The molecule has 0 bridgehead atoms. The number of nitrogens with one attached hydrogen (secondary N) is 2. The van der Waals surface area contributed by atoms with Crippen molar-refractivity contribution >= 4 is 50.0 Å². The Morgan fingerprint density at radius 2 is 1.81 bits per heavy atom. The minimum absolute atomic E-state index is 0.0521. The number of thiophene rings is 1. The number of rotatable bonds is 8. The van der Waals surface area contributed by atoms with Gasteiger partial charge in [0, 0.05) is 16.8 Å². The number of nitrogens with zero attached hydrogens (tertiary/aromatic N) is 1.